The summed E-state index contributed by atoms with van der Waals surface area (Å²) < 4.78 is 32.9. The minimum Gasteiger partial charge on any atom is -0.744 e. The molecule has 0 saturated heterocycles. The quantitative estimate of drug-likeness (QED) is 0.620. The van der Waals surface area contributed by atoms with Gasteiger partial charge in [-0.15, -0.1) is 0 Å². The van der Waals surface area contributed by atoms with Gasteiger partial charge in [0.15, 0.2) is 5.88 Å². The summed E-state index contributed by atoms with van der Waals surface area (Å²) in [5, 5.41) is 0. The molecular weight excluding hydrogens is 286 g/mol. The Balaban J connectivity index is 2.84. The molecule has 0 saturated carbocycles. The molecule has 120 valence electrons. The second kappa shape index (κ2) is 6.07. The van der Waals surface area contributed by atoms with Crippen LogP contribution in [0, 0.1) is 5.41 Å². The van der Waals surface area contributed by atoms with E-state index in [1.54, 1.807) is 14.1 Å². The lowest BCUT2D eigenvalue weighted by Crippen LogP contribution is -2.42. The van der Waals surface area contributed by atoms with Crippen LogP contribution in [0.15, 0.2) is 24.3 Å². The van der Waals surface area contributed by atoms with Crippen LogP contribution in [0.25, 0.3) is 0 Å². The number of hydrogen-bond acceptors (Lipinski definition) is 3. The van der Waals surface area contributed by atoms with Crippen LogP contribution < -0.4 is 0 Å². The summed E-state index contributed by atoms with van der Waals surface area (Å²) in [6.45, 7) is 9.37. The molecule has 21 heavy (non-hydrogen) atoms. The van der Waals surface area contributed by atoms with Gasteiger partial charge in [0.2, 0.25) is 0 Å². The molecule has 1 unspecified atom stereocenters. The predicted octanol–water partition coefficient (Wildman–Crippen LogP) is 2.92. The molecule has 0 fully saturated rings. The Hall–Kier alpha value is -0.910. The van der Waals surface area contributed by atoms with Crippen LogP contribution in [0.4, 0.5) is 0 Å². The standard InChI is InChI=1S/C16H27NO3S/c1-13(16(2,3)4)15-9-7-14(8-10-15)11-17(5,6)12-21(18,19)20/h7-10,13H,11-12H2,1-6H3. The summed E-state index contributed by atoms with van der Waals surface area (Å²) in [5.74, 6) is 0.0451. The van der Waals surface area contributed by atoms with Crippen molar-refractivity contribution in [1.82, 2.24) is 0 Å². The van der Waals surface area contributed by atoms with E-state index < -0.39 is 16.0 Å². The van der Waals surface area contributed by atoms with E-state index >= 15 is 0 Å². The minimum absolute atomic E-state index is 0.139. The predicted molar refractivity (Wildman–Crippen MR) is 84.7 cm³/mol. The maximum Gasteiger partial charge on any atom is 0.169 e. The fraction of sp³-hybridized carbons (Fsp3) is 0.625. The molecule has 0 aliphatic rings. The van der Waals surface area contributed by atoms with Crippen molar-refractivity contribution < 1.29 is 17.5 Å². The summed E-state index contributed by atoms with van der Waals surface area (Å²) in [6, 6.07) is 8.23. The molecule has 0 heterocycles. The molecule has 0 bridgehead atoms. The van der Waals surface area contributed by atoms with Gasteiger partial charge in [0.1, 0.15) is 16.7 Å². The number of quaternary nitrogens is 1. The van der Waals surface area contributed by atoms with Crippen LogP contribution in [-0.2, 0) is 16.7 Å². The third-order valence-electron chi connectivity index (χ3n) is 3.90. The summed E-state index contributed by atoms with van der Waals surface area (Å²) in [5.41, 5.74) is 2.51. The van der Waals surface area contributed by atoms with E-state index in [4.69, 9.17) is 0 Å². The van der Waals surface area contributed by atoms with E-state index in [0.717, 1.165) is 5.56 Å². The van der Waals surface area contributed by atoms with Crippen LogP contribution in [0.2, 0.25) is 0 Å². The summed E-state index contributed by atoms with van der Waals surface area (Å²) >= 11 is 0. The lowest BCUT2D eigenvalue weighted by atomic mass is 9.78. The molecule has 0 spiro atoms. The van der Waals surface area contributed by atoms with Crippen molar-refractivity contribution in [3.8, 4) is 0 Å². The minimum atomic E-state index is -4.22. The second-order valence-electron chi connectivity index (χ2n) is 7.61. The van der Waals surface area contributed by atoms with Crippen molar-refractivity contribution in [2.75, 3.05) is 20.0 Å². The molecule has 1 rings (SSSR count). The molecule has 0 aromatic heterocycles. The monoisotopic (exact) mass is 313 g/mol. The van der Waals surface area contributed by atoms with Crippen LogP contribution in [0.3, 0.4) is 0 Å². The molecule has 0 aliphatic carbocycles. The summed E-state index contributed by atoms with van der Waals surface area (Å²) in [6.07, 6.45) is 0. The lowest BCUT2D eigenvalue weighted by Gasteiger charge is -2.31. The van der Waals surface area contributed by atoms with E-state index in [-0.39, 0.29) is 9.90 Å². The van der Waals surface area contributed by atoms with Gasteiger partial charge in [0.05, 0.1) is 14.1 Å². The van der Waals surface area contributed by atoms with Gasteiger partial charge in [-0.1, -0.05) is 52.0 Å². The van der Waals surface area contributed by atoms with E-state index in [9.17, 15) is 13.0 Å². The Morgan fingerprint density at radius 3 is 2.00 bits per heavy atom. The first-order valence-corrected chi connectivity index (χ1v) is 8.72. The second-order valence-corrected chi connectivity index (χ2v) is 8.98. The van der Waals surface area contributed by atoms with Gasteiger partial charge in [-0.2, -0.15) is 0 Å². The molecule has 0 amide bonds. The van der Waals surface area contributed by atoms with Gasteiger partial charge in [-0.25, -0.2) is 8.42 Å². The zero-order valence-electron chi connectivity index (χ0n) is 13.9. The van der Waals surface area contributed by atoms with Crippen molar-refractivity contribution in [2.45, 2.75) is 40.2 Å². The van der Waals surface area contributed by atoms with Gasteiger partial charge < -0.3 is 9.04 Å². The highest BCUT2D eigenvalue weighted by molar-refractivity contribution is 7.85. The van der Waals surface area contributed by atoms with Gasteiger partial charge in [0.25, 0.3) is 0 Å². The highest BCUT2D eigenvalue weighted by Crippen LogP contribution is 2.34. The van der Waals surface area contributed by atoms with E-state index in [1.165, 1.54) is 5.56 Å². The fourth-order valence-corrected chi connectivity index (χ4v) is 3.33. The Labute approximate surface area is 129 Å². The number of rotatable bonds is 5. The third kappa shape index (κ3) is 6.16. The largest absolute Gasteiger partial charge is 0.744 e. The molecule has 1 aromatic carbocycles. The maximum atomic E-state index is 10.9. The third-order valence-corrected chi connectivity index (χ3v) is 4.91. The fourth-order valence-electron chi connectivity index (χ4n) is 2.38. The summed E-state index contributed by atoms with van der Waals surface area (Å²) in [7, 11) is -0.718. The van der Waals surface area contributed by atoms with Crippen molar-refractivity contribution in [1.29, 1.82) is 0 Å². The Kier molecular flexibility index (Phi) is 5.24. The van der Waals surface area contributed by atoms with Crippen molar-refractivity contribution in [3.63, 3.8) is 0 Å². The SMILES string of the molecule is CC(c1ccc(C[N+](C)(C)CS(=O)(=O)[O-])cc1)C(C)(C)C. The molecule has 1 atom stereocenters. The van der Waals surface area contributed by atoms with E-state index in [0.29, 0.717) is 12.5 Å². The summed E-state index contributed by atoms with van der Waals surface area (Å²) in [4.78, 5) is 0. The number of nitrogens with zero attached hydrogens (tertiary/aromatic N) is 1. The first-order valence-electron chi connectivity index (χ1n) is 7.15. The van der Waals surface area contributed by atoms with Crippen LogP contribution >= 0.6 is 0 Å². The number of benzene rings is 1. The zero-order chi connectivity index (χ0) is 16.5. The Morgan fingerprint density at radius 2 is 1.62 bits per heavy atom. The van der Waals surface area contributed by atoms with Gasteiger partial charge in [0, 0.05) is 5.56 Å². The van der Waals surface area contributed by atoms with Crippen LogP contribution in [0.1, 0.15) is 44.7 Å². The zero-order valence-corrected chi connectivity index (χ0v) is 14.7. The first kappa shape index (κ1) is 18.1. The maximum absolute atomic E-state index is 10.9. The molecule has 4 nitrogen and oxygen atoms in total. The van der Waals surface area contributed by atoms with Gasteiger partial charge >= 0.3 is 0 Å². The van der Waals surface area contributed by atoms with Gasteiger partial charge in [-0.3, -0.25) is 0 Å². The van der Waals surface area contributed by atoms with Crippen LogP contribution in [-0.4, -0.2) is 37.4 Å². The molecule has 0 aliphatic heterocycles. The molecular formula is C16H27NO3S. The van der Waals surface area contributed by atoms with Crippen LogP contribution in [0.5, 0.6) is 0 Å². The first-order chi connectivity index (χ1) is 9.30. The van der Waals surface area contributed by atoms with E-state index in [2.05, 4.69) is 39.8 Å². The average Bonchev–Trinajstić information content (AvgIpc) is 2.23. The smallest absolute Gasteiger partial charge is 0.169 e. The Morgan fingerprint density at radius 1 is 1.14 bits per heavy atom. The molecule has 5 heteroatoms. The highest BCUT2D eigenvalue weighted by atomic mass is 32.2. The Bertz CT molecular complexity index is 569. The normalized spacial score (nSPS) is 15.0. The lowest BCUT2D eigenvalue weighted by molar-refractivity contribution is -0.892. The van der Waals surface area contributed by atoms with Crippen molar-refractivity contribution in [2.24, 2.45) is 5.41 Å². The topological polar surface area (TPSA) is 57.2 Å². The molecule has 0 N–H and O–H groups in total. The highest BCUT2D eigenvalue weighted by Gasteiger charge is 2.22. The molecule has 1 aromatic rings. The average molecular weight is 313 g/mol. The van der Waals surface area contributed by atoms with Gasteiger partial charge in [-0.05, 0) is 16.9 Å². The molecule has 0 radical (unpaired) electrons. The van der Waals surface area contributed by atoms with E-state index in [1.807, 2.05) is 12.1 Å². The van der Waals surface area contributed by atoms with Crippen molar-refractivity contribution >= 4 is 10.1 Å². The van der Waals surface area contributed by atoms with Crippen molar-refractivity contribution in [3.05, 3.63) is 35.4 Å². The number of hydrogen-bond donors (Lipinski definition) is 0.